The Hall–Kier alpha value is -1.62. The normalized spacial score (nSPS) is 10.1. The van der Waals surface area contributed by atoms with Gasteiger partial charge in [-0.05, 0) is 28.1 Å². The topological polar surface area (TPSA) is 47.0 Å². The zero-order chi connectivity index (χ0) is 12.3. The lowest BCUT2D eigenvalue weighted by molar-refractivity contribution is 0.398. The average molecular weight is 294 g/mol. The fourth-order valence-corrected chi connectivity index (χ4v) is 1.85. The van der Waals surface area contributed by atoms with Gasteiger partial charge in [0.2, 0.25) is 5.88 Å². The lowest BCUT2D eigenvalue weighted by Crippen LogP contribution is -1.96. The first kappa shape index (κ1) is 11.9. The molecule has 4 nitrogen and oxygen atoms in total. The van der Waals surface area contributed by atoms with Crippen molar-refractivity contribution in [2.45, 2.75) is 0 Å². The number of hydrogen-bond acceptors (Lipinski definition) is 4. The third kappa shape index (κ3) is 2.55. The predicted octanol–water partition coefficient (Wildman–Crippen LogP) is 2.96. The molecular formula is C12H12BrN3O. The summed E-state index contributed by atoms with van der Waals surface area (Å²) in [6, 6.07) is 5.79. The Balaban J connectivity index is 2.47. The molecule has 0 aliphatic rings. The summed E-state index contributed by atoms with van der Waals surface area (Å²) in [5.74, 6) is 1.42. The Labute approximate surface area is 108 Å². The molecule has 0 radical (unpaired) electrons. The van der Waals surface area contributed by atoms with Gasteiger partial charge >= 0.3 is 0 Å². The van der Waals surface area contributed by atoms with E-state index >= 15 is 0 Å². The van der Waals surface area contributed by atoms with Gasteiger partial charge < -0.3 is 10.1 Å². The van der Waals surface area contributed by atoms with Gasteiger partial charge in [-0.1, -0.05) is 0 Å². The molecule has 0 saturated heterocycles. The van der Waals surface area contributed by atoms with Gasteiger partial charge in [0.25, 0.3) is 0 Å². The summed E-state index contributed by atoms with van der Waals surface area (Å²) < 4.78 is 5.97. The van der Waals surface area contributed by atoms with Crippen molar-refractivity contribution in [1.82, 2.24) is 9.97 Å². The first-order valence-corrected chi connectivity index (χ1v) is 5.87. The highest BCUT2D eigenvalue weighted by molar-refractivity contribution is 9.10. The molecule has 0 atom stereocenters. The second-order valence-corrected chi connectivity index (χ2v) is 4.30. The van der Waals surface area contributed by atoms with Gasteiger partial charge in [0.05, 0.1) is 7.11 Å². The maximum atomic E-state index is 5.03. The minimum atomic E-state index is 0.600. The van der Waals surface area contributed by atoms with E-state index in [1.807, 2.05) is 25.2 Å². The molecule has 0 aromatic carbocycles. The van der Waals surface area contributed by atoms with Crippen molar-refractivity contribution in [2.24, 2.45) is 0 Å². The number of halogens is 1. The molecule has 0 saturated carbocycles. The predicted molar refractivity (Wildman–Crippen MR) is 71.3 cm³/mol. The summed E-state index contributed by atoms with van der Waals surface area (Å²) in [4.78, 5) is 8.48. The van der Waals surface area contributed by atoms with E-state index in [2.05, 4.69) is 31.2 Å². The van der Waals surface area contributed by atoms with Crippen LogP contribution in [0.2, 0.25) is 0 Å². The van der Waals surface area contributed by atoms with Gasteiger partial charge in [-0.3, -0.25) is 0 Å². The summed E-state index contributed by atoms with van der Waals surface area (Å²) in [6.07, 6.45) is 3.52. The van der Waals surface area contributed by atoms with E-state index in [-0.39, 0.29) is 0 Å². The van der Waals surface area contributed by atoms with Crippen LogP contribution in [0.25, 0.3) is 11.1 Å². The minimum absolute atomic E-state index is 0.600. The first-order chi connectivity index (χ1) is 8.24. The maximum absolute atomic E-state index is 5.03. The number of rotatable bonds is 3. The molecule has 2 aromatic heterocycles. The molecule has 0 aliphatic heterocycles. The number of methoxy groups -OCH3 is 1. The summed E-state index contributed by atoms with van der Waals surface area (Å²) in [5, 5.41) is 3.06. The number of aromatic nitrogens is 2. The van der Waals surface area contributed by atoms with Crippen molar-refractivity contribution in [3.8, 4) is 17.0 Å². The van der Waals surface area contributed by atoms with Gasteiger partial charge in [0.1, 0.15) is 5.82 Å². The number of nitrogens with zero attached hydrogens (tertiary/aromatic N) is 2. The Bertz CT molecular complexity index is 514. The van der Waals surface area contributed by atoms with E-state index in [1.165, 1.54) is 0 Å². The van der Waals surface area contributed by atoms with Crippen molar-refractivity contribution in [3.63, 3.8) is 0 Å². The summed E-state index contributed by atoms with van der Waals surface area (Å²) in [5.41, 5.74) is 1.99. The van der Waals surface area contributed by atoms with Crippen molar-refractivity contribution in [2.75, 3.05) is 19.5 Å². The number of anilines is 1. The molecule has 0 bridgehead atoms. The van der Waals surface area contributed by atoms with Crippen LogP contribution in [-0.2, 0) is 0 Å². The molecule has 88 valence electrons. The Morgan fingerprint density at radius 3 is 2.65 bits per heavy atom. The standard InChI is InChI=1S/C12H12BrN3O/c1-14-12-10(5-9(13)7-16-12)8-3-4-11(17-2)15-6-8/h3-7H,1-2H3,(H,14,16). The second kappa shape index (κ2) is 5.14. The molecule has 0 unspecified atom stereocenters. The molecule has 2 heterocycles. The zero-order valence-corrected chi connectivity index (χ0v) is 11.2. The monoisotopic (exact) mass is 293 g/mol. The average Bonchev–Trinajstić information content (AvgIpc) is 2.39. The van der Waals surface area contributed by atoms with E-state index in [1.54, 1.807) is 19.5 Å². The van der Waals surface area contributed by atoms with Crippen molar-refractivity contribution >= 4 is 21.7 Å². The van der Waals surface area contributed by atoms with Crippen LogP contribution in [-0.4, -0.2) is 24.1 Å². The Kier molecular flexibility index (Phi) is 3.58. The minimum Gasteiger partial charge on any atom is -0.481 e. The van der Waals surface area contributed by atoms with Crippen LogP contribution in [0.15, 0.2) is 35.1 Å². The smallest absolute Gasteiger partial charge is 0.212 e. The zero-order valence-electron chi connectivity index (χ0n) is 9.57. The quantitative estimate of drug-likeness (QED) is 0.945. The third-order valence-corrected chi connectivity index (χ3v) is 2.78. The number of ether oxygens (including phenoxy) is 1. The van der Waals surface area contributed by atoms with Gasteiger partial charge in [-0.2, -0.15) is 0 Å². The number of hydrogen-bond donors (Lipinski definition) is 1. The molecule has 0 spiro atoms. The number of pyridine rings is 2. The Morgan fingerprint density at radius 1 is 1.24 bits per heavy atom. The highest BCUT2D eigenvalue weighted by Crippen LogP contribution is 2.28. The summed E-state index contributed by atoms with van der Waals surface area (Å²) in [7, 11) is 3.44. The van der Waals surface area contributed by atoms with Crippen LogP contribution in [0.1, 0.15) is 0 Å². The summed E-state index contributed by atoms with van der Waals surface area (Å²) >= 11 is 3.42. The Morgan fingerprint density at radius 2 is 2.06 bits per heavy atom. The molecule has 2 aromatic rings. The van der Waals surface area contributed by atoms with Gasteiger partial charge in [-0.15, -0.1) is 0 Å². The molecule has 1 N–H and O–H groups in total. The summed E-state index contributed by atoms with van der Waals surface area (Å²) in [6.45, 7) is 0. The van der Waals surface area contributed by atoms with Gasteiger partial charge in [0.15, 0.2) is 0 Å². The highest BCUT2D eigenvalue weighted by atomic mass is 79.9. The fraction of sp³-hybridized carbons (Fsp3) is 0.167. The van der Waals surface area contributed by atoms with Crippen molar-refractivity contribution < 1.29 is 4.74 Å². The molecule has 17 heavy (non-hydrogen) atoms. The van der Waals surface area contributed by atoms with E-state index in [0.29, 0.717) is 5.88 Å². The van der Waals surface area contributed by atoms with Crippen LogP contribution in [0.4, 0.5) is 5.82 Å². The largest absolute Gasteiger partial charge is 0.481 e. The van der Waals surface area contributed by atoms with Crippen molar-refractivity contribution in [1.29, 1.82) is 0 Å². The molecule has 0 fully saturated rings. The highest BCUT2D eigenvalue weighted by Gasteiger charge is 2.07. The SMILES string of the molecule is CNc1ncc(Br)cc1-c1ccc(OC)nc1. The number of nitrogens with one attached hydrogen (secondary N) is 1. The third-order valence-electron chi connectivity index (χ3n) is 2.35. The molecular weight excluding hydrogens is 282 g/mol. The lowest BCUT2D eigenvalue weighted by atomic mass is 10.1. The molecule has 5 heteroatoms. The second-order valence-electron chi connectivity index (χ2n) is 3.39. The van der Waals surface area contributed by atoms with E-state index in [9.17, 15) is 0 Å². The first-order valence-electron chi connectivity index (χ1n) is 5.08. The van der Waals surface area contributed by atoms with Crippen molar-refractivity contribution in [3.05, 3.63) is 35.1 Å². The van der Waals surface area contributed by atoms with Crippen LogP contribution in [0.3, 0.4) is 0 Å². The van der Waals surface area contributed by atoms with Crippen LogP contribution >= 0.6 is 15.9 Å². The molecule has 2 rings (SSSR count). The van der Waals surface area contributed by atoms with Gasteiger partial charge in [0, 0.05) is 41.1 Å². The molecule has 0 aliphatic carbocycles. The van der Waals surface area contributed by atoms with Gasteiger partial charge in [-0.25, -0.2) is 9.97 Å². The van der Waals surface area contributed by atoms with E-state index < -0.39 is 0 Å². The lowest BCUT2D eigenvalue weighted by Gasteiger charge is -2.08. The maximum Gasteiger partial charge on any atom is 0.212 e. The van der Waals surface area contributed by atoms with Crippen LogP contribution in [0.5, 0.6) is 5.88 Å². The van der Waals surface area contributed by atoms with Crippen LogP contribution in [0, 0.1) is 0 Å². The van der Waals surface area contributed by atoms with E-state index in [4.69, 9.17) is 4.74 Å². The van der Waals surface area contributed by atoms with Crippen LogP contribution < -0.4 is 10.1 Å². The fourth-order valence-electron chi connectivity index (χ4n) is 1.52. The van der Waals surface area contributed by atoms with E-state index in [0.717, 1.165) is 21.4 Å². The molecule has 0 amide bonds.